The summed E-state index contributed by atoms with van der Waals surface area (Å²) in [6.07, 6.45) is 5.94. The van der Waals surface area contributed by atoms with Gasteiger partial charge < -0.3 is 15.0 Å². The number of rotatable bonds is 4. The van der Waals surface area contributed by atoms with Crippen molar-refractivity contribution < 1.29 is 14.3 Å². The number of nitrogens with zero attached hydrogens (tertiary/aromatic N) is 3. The molecule has 0 radical (unpaired) electrons. The lowest BCUT2D eigenvalue weighted by molar-refractivity contribution is 0.0684. The minimum absolute atomic E-state index is 0.0857. The number of carbonyl (C=O) groups excluding carboxylic acids is 2. The van der Waals surface area contributed by atoms with Crippen molar-refractivity contribution in [3.63, 3.8) is 0 Å². The number of benzene rings is 1. The largest absolute Gasteiger partial charge is 0.493 e. The van der Waals surface area contributed by atoms with E-state index in [4.69, 9.17) is 4.74 Å². The highest BCUT2D eigenvalue weighted by Gasteiger charge is 2.25. The van der Waals surface area contributed by atoms with Gasteiger partial charge in [0.15, 0.2) is 0 Å². The summed E-state index contributed by atoms with van der Waals surface area (Å²) in [5.41, 5.74) is 2.43. The summed E-state index contributed by atoms with van der Waals surface area (Å²) in [5, 5.41) is 6.99. The van der Waals surface area contributed by atoms with Crippen LogP contribution >= 0.6 is 0 Å². The Balaban J connectivity index is 1.27. The first kappa shape index (κ1) is 17.6. The Morgan fingerprint density at radius 3 is 2.81 bits per heavy atom. The van der Waals surface area contributed by atoms with E-state index in [0.29, 0.717) is 24.6 Å². The van der Waals surface area contributed by atoms with Gasteiger partial charge in [-0.1, -0.05) is 0 Å². The fourth-order valence-electron chi connectivity index (χ4n) is 3.72. The third kappa shape index (κ3) is 3.82. The normalized spacial score (nSPS) is 16.7. The molecule has 2 aliphatic rings. The maximum absolute atomic E-state index is 12.8. The van der Waals surface area contributed by atoms with Crippen molar-refractivity contribution in [2.75, 3.05) is 26.2 Å². The molecule has 0 spiro atoms. The molecule has 2 aromatic rings. The number of aromatic nitrogens is 2. The van der Waals surface area contributed by atoms with E-state index in [9.17, 15) is 9.59 Å². The van der Waals surface area contributed by atoms with Crippen LogP contribution in [0.3, 0.4) is 0 Å². The molecular formula is C20H24N4O3. The van der Waals surface area contributed by atoms with Crippen molar-refractivity contribution in [2.24, 2.45) is 13.0 Å². The van der Waals surface area contributed by atoms with Gasteiger partial charge >= 0.3 is 0 Å². The van der Waals surface area contributed by atoms with Gasteiger partial charge in [-0.05, 0) is 42.5 Å². The molecule has 0 bridgehead atoms. The molecule has 0 aliphatic carbocycles. The SMILES string of the molecule is Cn1cc(C(=O)NCC2CCN(C(=O)c3ccc4c(c3)CCO4)CC2)cn1. The first-order chi connectivity index (χ1) is 13.1. The fourth-order valence-corrected chi connectivity index (χ4v) is 3.72. The van der Waals surface area contributed by atoms with Gasteiger partial charge in [-0.3, -0.25) is 14.3 Å². The van der Waals surface area contributed by atoms with Gasteiger partial charge in [0.2, 0.25) is 0 Å². The van der Waals surface area contributed by atoms with Crippen LogP contribution in [0.5, 0.6) is 5.75 Å². The van der Waals surface area contributed by atoms with Gasteiger partial charge in [-0.15, -0.1) is 0 Å². The predicted octanol–water partition coefficient (Wildman–Crippen LogP) is 1.64. The molecule has 1 aromatic carbocycles. The van der Waals surface area contributed by atoms with Gasteiger partial charge in [0.05, 0.1) is 18.4 Å². The second-order valence-corrected chi connectivity index (χ2v) is 7.27. The second-order valence-electron chi connectivity index (χ2n) is 7.27. The Kier molecular flexibility index (Phi) is 4.83. The van der Waals surface area contributed by atoms with Crippen LogP contribution in [0, 0.1) is 5.92 Å². The van der Waals surface area contributed by atoms with Crippen molar-refractivity contribution in [3.8, 4) is 5.75 Å². The first-order valence-electron chi connectivity index (χ1n) is 9.42. The molecular weight excluding hydrogens is 344 g/mol. The molecule has 1 N–H and O–H groups in total. The molecule has 27 heavy (non-hydrogen) atoms. The summed E-state index contributed by atoms with van der Waals surface area (Å²) in [6.45, 7) is 2.77. The van der Waals surface area contributed by atoms with E-state index < -0.39 is 0 Å². The predicted molar refractivity (Wildman–Crippen MR) is 99.8 cm³/mol. The summed E-state index contributed by atoms with van der Waals surface area (Å²) in [4.78, 5) is 26.8. The molecule has 2 aliphatic heterocycles. The van der Waals surface area contributed by atoms with Crippen LogP contribution in [0.4, 0.5) is 0 Å². The molecule has 2 amide bonds. The molecule has 4 rings (SSSR count). The average molecular weight is 368 g/mol. The van der Waals surface area contributed by atoms with E-state index in [-0.39, 0.29) is 11.8 Å². The number of amides is 2. The number of piperidine rings is 1. The number of hydrogen-bond donors (Lipinski definition) is 1. The van der Waals surface area contributed by atoms with E-state index in [0.717, 1.165) is 49.2 Å². The van der Waals surface area contributed by atoms with Crippen molar-refractivity contribution in [1.29, 1.82) is 0 Å². The zero-order valence-electron chi connectivity index (χ0n) is 15.5. The summed E-state index contributed by atoms with van der Waals surface area (Å²) >= 11 is 0. The molecule has 1 aromatic heterocycles. The summed E-state index contributed by atoms with van der Waals surface area (Å²) < 4.78 is 7.12. The van der Waals surface area contributed by atoms with E-state index >= 15 is 0 Å². The van der Waals surface area contributed by atoms with Gasteiger partial charge in [-0.2, -0.15) is 5.10 Å². The molecule has 7 heteroatoms. The van der Waals surface area contributed by atoms with Crippen molar-refractivity contribution >= 4 is 11.8 Å². The minimum Gasteiger partial charge on any atom is -0.493 e. The van der Waals surface area contributed by atoms with E-state index in [1.165, 1.54) is 0 Å². The molecule has 7 nitrogen and oxygen atoms in total. The van der Waals surface area contributed by atoms with Crippen molar-refractivity contribution in [3.05, 3.63) is 47.3 Å². The standard InChI is InChI=1S/C20H24N4O3/c1-23-13-17(12-22-23)19(25)21-11-14-4-7-24(8-5-14)20(26)16-2-3-18-15(10-16)6-9-27-18/h2-3,10,12-14H,4-9,11H2,1H3,(H,21,25). The van der Waals surface area contributed by atoms with Crippen LogP contribution < -0.4 is 10.1 Å². The number of ether oxygens (including phenoxy) is 1. The lowest BCUT2D eigenvalue weighted by Gasteiger charge is -2.32. The lowest BCUT2D eigenvalue weighted by atomic mass is 9.96. The maximum atomic E-state index is 12.8. The number of hydrogen-bond acceptors (Lipinski definition) is 4. The van der Waals surface area contributed by atoms with Crippen molar-refractivity contribution in [1.82, 2.24) is 20.0 Å². The Morgan fingerprint density at radius 2 is 2.07 bits per heavy atom. The molecule has 1 fully saturated rings. The molecule has 1 saturated heterocycles. The highest BCUT2D eigenvalue weighted by Crippen LogP contribution is 2.27. The molecule has 0 unspecified atom stereocenters. The minimum atomic E-state index is -0.0954. The molecule has 0 atom stereocenters. The van der Waals surface area contributed by atoms with E-state index in [2.05, 4.69) is 10.4 Å². The highest BCUT2D eigenvalue weighted by atomic mass is 16.5. The summed E-state index contributed by atoms with van der Waals surface area (Å²) in [6, 6.07) is 5.72. The van der Waals surface area contributed by atoms with Crippen LogP contribution in [0.15, 0.2) is 30.6 Å². The Labute approximate surface area is 158 Å². The fraction of sp³-hybridized carbons (Fsp3) is 0.450. The highest BCUT2D eigenvalue weighted by molar-refractivity contribution is 5.95. The van der Waals surface area contributed by atoms with E-state index in [1.807, 2.05) is 23.1 Å². The third-order valence-electron chi connectivity index (χ3n) is 5.36. The van der Waals surface area contributed by atoms with Gasteiger partial charge in [0, 0.05) is 44.9 Å². The number of nitrogens with one attached hydrogen (secondary N) is 1. The summed E-state index contributed by atoms with van der Waals surface area (Å²) in [7, 11) is 1.79. The van der Waals surface area contributed by atoms with Crippen LogP contribution in [0.25, 0.3) is 0 Å². The zero-order chi connectivity index (χ0) is 18.8. The number of fused-ring (bicyclic) bond motifs is 1. The molecule has 0 saturated carbocycles. The van der Waals surface area contributed by atoms with Gasteiger partial charge in [0.1, 0.15) is 5.75 Å². The third-order valence-corrected chi connectivity index (χ3v) is 5.36. The zero-order valence-corrected chi connectivity index (χ0v) is 15.5. The van der Waals surface area contributed by atoms with Crippen LogP contribution in [-0.2, 0) is 13.5 Å². The quantitative estimate of drug-likeness (QED) is 0.890. The summed E-state index contributed by atoms with van der Waals surface area (Å²) in [5.74, 6) is 1.28. The van der Waals surface area contributed by atoms with Gasteiger partial charge in [0.25, 0.3) is 11.8 Å². The number of aryl methyl sites for hydroxylation is 1. The lowest BCUT2D eigenvalue weighted by Crippen LogP contribution is -2.41. The van der Waals surface area contributed by atoms with Crippen LogP contribution in [0.1, 0.15) is 39.1 Å². The second kappa shape index (κ2) is 7.42. The number of likely N-dealkylation sites (tertiary alicyclic amines) is 1. The van der Waals surface area contributed by atoms with Crippen LogP contribution in [-0.4, -0.2) is 52.7 Å². The first-order valence-corrected chi connectivity index (χ1v) is 9.42. The molecule has 3 heterocycles. The Hall–Kier alpha value is -2.83. The Bertz CT molecular complexity index is 853. The van der Waals surface area contributed by atoms with Gasteiger partial charge in [-0.25, -0.2) is 0 Å². The Morgan fingerprint density at radius 1 is 1.26 bits per heavy atom. The number of carbonyl (C=O) groups is 2. The maximum Gasteiger partial charge on any atom is 0.254 e. The topological polar surface area (TPSA) is 76.5 Å². The monoisotopic (exact) mass is 368 g/mol. The van der Waals surface area contributed by atoms with Crippen molar-refractivity contribution in [2.45, 2.75) is 19.3 Å². The van der Waals surface area contributed by atoms with Crippen LogP contribution in [0.2, 0.25) is 0 Å². The smallest absolute Gasteiger partial charge is 0.254 e. The average Bonchev–Trinajstić information content (AvgIpc) is 3.34. The van der Waals surface area contributed by atoms with E-state index in [1.54, 1.807) is 24.1 Å². The molecule has 142 valence electrons.